The van der Waals surface area contributed by atoms with Gasteiger partial charge in [-0.15, -0.1) is 0 Å². The van der Waals surface area contributed by atoms with E-state index in [0.717, 1.165) is 0 Å². The van der Waals surface area contributed by atoms with Crippen molar-refractivity contribution < 1.29 is 0 Å². The minimum absolute atomic E-state index is 0.329. The van der Waals surface area contributed by atoms with Gasteiger partial charge >= 0.3 is 0 Å². The van der Waals surface area contributed by atoms with Crippen molar-refractivity contribution in [3.63, 3.8) is 0 Å². The van der Waals surface area contributed by atoms with Gasteiger partial charge in [-0.3, -0.25) is 4.99 Å². The van der Waals surface area contributed by atoms with Crippen LogP contribution in [0.25, 0.3) is 0 Å². The minimum Gasteiger partial charge on any atom is -0.353 e. The molecule has 0 aromatic carbocycles. The van der Waals surface area contributed by atoms with Crippen molar-refractivity contribution >= 4 is 6.21 Å². The molecule has 2 heteroatoms. The van der Waals surface area contributed by atoms with E-state index in [4.69, 9.17) is 0 Å². The molecule has 0 saturated heterocycles. The first-order valence-electron chi connectivity index (χ1n) is 4.60. The Hall–Kier alpha value is -0.790. The number of aliphatic imine (C=N–C) groups is 1. The lowest BCUT2D eigenvalue weighted by Crippen LogP contribution is -2.39. The summed E-state index contributed by atoms with van der Waals surface area (Å²) in [5.74, 6) is 0.577. The van der Waals surface area contributed by atoms with Crippen LogP contribution < -0.4 is 0 Å². The summed E-state index contributed by atoms with van der Waals surface area (Å²) in [6.45, 7) is 8.80. The number of rotatable bonds is 2. The summed E-state index contributed by atoms with van der Waals surface area (Å²) >= 11 is 0. The van der Waals surface area contributed by atoms with Gasteiger partial charge in [-0.05, 0) is 25.8 Å². The smallest absolute Gasteiger partial charge is 0.123 e. The maximum absolute atomic E-state index is 4.45. The van der Waals surface area contributed by atoms with Gasteiger partial charge in [0.05, 0.1) is 0 Å². The summed E-state index contributed by atoms with van der Waals surface area (Å²) in [6.07, 6.45) is 6.35. The fraction of sp³-hybridized carbons (Fsp3) is 0.700. The van der Waals surface area contributed by atoms with E-state index in [1.807, 2.05) is 12.3 Å². The second kappa shape index (κ2) is 3.74. The van der Waals surface area contributed by atoms with Gasteiger partial charge in [-0.1, -0.05) is 13.8 Å². The molecular weight excluding hydrogens is 148 g/mol. The molecule has 0 radical (unpaired) electrons. The van der Waals surface area contributed by atoms with Crippen molar-refractivity contribution in [2.45, 2.75) is 39.9 Å². The Bertz CT molecular complexity index is 170. The van der Waals surface area contributed by atoms with Crippen LogP contribution in [0.2, 0.25) is 0 Å². The topological polar surface area (TPSA) is 15.6 Å². The first-order valence-corrected chi connectivity index (χ1v) is 4.60. The maximum atomic E-state index is 4.45. The molecule has 0 N–H and O–H groups in total. The van der Waals surface area contributed by atoms with Crippen molar-refractivity contribution in [3.8, 4) is 0 Å². The Morgan fingerprint density at radius 3 is 2.33 bits per heavy atom. The molecule has 1 rings (SSSR count). The van der Waals surface area contributed by atoms with Crippen molar-refractivity contribution in [1.82, 2.24) is 4.90 Å². The third kappa shape index (κ3) is 1.87. The summed E-state index contributed by atoms with van der Waals surface area (Å²) < 4.78 is 0. The third-order valence-electron chi connectivity index (χ3n) is 2.08. The van der Waals surface area contributed by atoms with E-state index in [9.17, 15) is 0 Å². The van der Waals surface area contributed by atoms with Crippen LogP contribution >= 0.6 is 0 Å². The summed E-state index contributed by atoms with van der Waals surface area (Å²) in [5, 5.41) is 0. The Kier molecular flexibility index (Phi) is 2.90. The fourth-order valence-corrected chi connectivity index (χ4v) is 1.43. The van der Waals surface area contributed by atoms with E-state index in [1.54, 1.807) is 0 Å². The summed E-state index contributed by atoms with van der Waals surface area (Å²) in [6, 6.07) is 0.533. The first kappa shape index (κ1) is 9.30. The van der Waals surface area contributed by atoms with E-state index in [0.29, 0.717) is 18.1 Å². The maximum Gasteiger partial charge on any atom is 0.123 e. The second-order valence-corrected chi connectivity index (χ2v) is 3.84. The van der Waals surface area contributed by atoms with Gasteiger partial charge in [-0.2, -0.15) is 0 Å². The molecule has 1 aliphatic heterocycles. The van der Waals surface area contributed by atoms with E-state index in [-0.39, 0.29) is 0 Å². The zero-order valence-corrected chi connectivity index (χ0v) is 8.36. The van der Waals surface area contributed by atoms with Gasteiger partial charge in [0.25, 0.3) is 0 Å². The highest BCUT2D eigenvalue weighted by Gasteiger charge is 2.20. The Labute approximate surface area is 75.0 Å². The molecule has 12 heavy (non-hydrogen) atoms. The van der Waals surface area contributed by atoms with Crippen LogP contribution in [0.3, 0.4) is 0 Å². The lowest BCUT2D eigenvalue weighted by molar-refractivity contribution is 0.186. The molecule has 0 amide bonds. The highest BCUT2D eigenvalue weighted by molar-refractivity contribution is 5.71. The molecule has 0 aromatic heterocycles. The van der Waals surface area contributed by atoms with Gasteiger partial charge in [0, 0.05) is 18.5 Å². The standard InChI is InChI=1S/C10H18N2/c1-8(2)10-11-6-5-7-12(10)9(3)4/h5-10H,1-4H3. The van der Waals surface area contributed by atoms with Crippen LogP contribution in [-0.2, 0) is 0 Å². The molecule has 0 aromatic rings. The van der Waals surface area contributed by atoms with Crippen LogP contribution in [0.4, 0.5) is 0 Å². The van der Waals surface area contributed by atoms with Crippen LogP contribution in [-0.4, -0.2) is 23.3 Å². The average Bonchev–Trinajstić information content (AvgIpc) is 2.04. The highest BCUT2D eigenvalue weighted by atomic mass is 15.3. The number of hydrogen-bond donors (Lipinski definition) is 0. The average molecular weight is 166 g/mol. The van der Waals surface area contributed by atoms with Crippen molar-refractivity contribution in [2.75, 3.05) is 0 Å². The predicted octanol–water partition coefficient (Wildman–Crippen LogP) is 2.28. The molecule has 0 saturated carbocycles. The second-order valence-electron chi connectivity index (χ2n) is 3.84. The normalized spacial score (nSPS) is 22.8. The molecule has 1 heterocycles. The molecule has 1 aliphatic rings. The van der Waals surface area contributed by atoms with E-state index >= 15 is 0 Å². The highest BCUT2D eigenvalue weighted by Crippen LogP contribution is 2.17. The molecule has 0 bridgehead atoms. The summed E-state index contributed by atoms with van der Waals surface area (Å²) in [7, 11) is 0. The largest absolute Gasteiger partial charge is 0.353 e. The molecule has 68 valence electrons. The Morgan fingerprint density at radius 2 is 1.92 bits per heavy atom. The SMILES string of the molecule is CC(C)C1N=CC=CN1C(C)C. The van der Waals surface area contributed by atoms with Gasteiger partial charge in [0.2, 0.25) is 0 Å². The number of nitrogens with zero attached hydrogens (tertiary/aromatic N) is 2. The van der Waals surface area contributed by atoms with Gasteiger partial charge < -0.3 is 4.90 Å². The molecule has 0 aliphatic carbocycles. The van der Waals surface area contributed by atoms with Crippen molar-refractivity contribution in [1.29, 1.82) is 0 Å². The quantitative estimate of drug-likeness (QED) is 0.614. The first-order chi connectivity index (χ1) is 5.63. The molecule has 0 fully saturated rings. The number of allylic oxidation sites excluding steroid dienone is 1. The van der Waals surface area contributed by atoms with E-state index in [1.165, 1.54) is 0 Å². The molecule has 1 unspecified atom stereocenters. The zero-order chi connectivity index (χ0) is 9.14. The number of hydrogen-bond acceptors (Lipinski definition) is 2. The summed E-state index contributed by atoms with van der Waals surface area (Å²) in [4.78, 5) is 6.74. The van der Waals surface area contributed by atoms with Crippen LogP contribution in [0, 0.1) is 5.92 Å². The summed E-state index contributed by atoms with van der Waals surface area (Å²) in [5.41, 5.74) is 0. The van der Waals surface area contributed by atoms with Gasteiger partial charge in [-0.25, -0.2) is 0 Å². The van der Waals surface area contributed by atoms with Crippen LogP contribution in [0.1, 0.15) is 27.7 Å². The molecular formula is C10H18N2. The van der Waals surface area contributed by atoms with Gasteiger partial charge in [0.1, 0.15) is 6.17 Å². The predicted molar refractivity (Wildman–Crippen MR) is 53.2 cm³/mol. The molecule has 2 nitrogen and oxygen atoms in total. The fourth-order valence-electron chi connectivity index (χ4n) is 1.43. The van der Waals surface area contributed by atoms with Gasteiger partial charge in [0.15, 0.2) is 0 Å². The van der Waals surface area contributed by atoms with E-state index < -0.39 is 0 Å². The third-order valence-corrected chi connectivity index (χ3v) is 2.08. The van der Waals surface area contributed by atoms with Crippen LogP contribution in [0.15, 0.2) is 17.3 Å². The molecule has 0 spiro atoms. The van der Waals surface area contributed by atoms with E-state index in [2.05, 4.69) is 43.8 Å². The lowest BCUT2D eigenvalue weighted by Gasteiger charge is -2.35. The van der Waals surface area contributed by atoms with Crippen molar-refractivity contribution in [3.05, 3.63) is 12.3 Å². The monoisotopic (exact) mass is 166 g/mol. The minimum atomic E-state index is 0.329. The zero-order valence-electron chi connectivity index (χ0n) is 8.36. The lowest BCUT2D eigenvalue weighted by atomic mass is 10.1. The van der Waals surface area contributed by atoms with Crippen molar-refractivity contribution in [2.24, 2.45) is 10.9 Å². The van der Waals surface area contributed by atoms with Crippen LogP contribution in [0.5, 0.6) is 0 Å². The molecule has 1 atom stereocenters. The Balaban J connectivity index is 2.71. The Morgan fingerprint density at radius 1 is 1.25 bits per heavy atom.